The lowest BCUT2D eigenvalue weighted by molar-refractivity contribution is 0.0737. The van der Waals surface area contributed by atoms with Crippen LogP contribution in [0.15, 0.2) is 36.7 Å². The minimum Gasteiger partial charge on any atom is -0.345 e. The van der Waals surface area contributed by atoms with Gasteiger partial charge in [0.2, 0.25) is 0 Å². The highest BCUT2D eigenvalue weighted by molar-refractivity contribution is 7.14. The summed E-state index contributed by atoms with van der Waals surface area (Å²) in [5.74, 6) is 0.0275. The molecule has 1 unspecified atom stereocenters. The van der Waals surface area contributed by atoms with Crippen LogP contribution in [0.2, 0.25) is 0 Å². The number of thiophene rings is 1. The van der Waals surface area contributed by atoms with E-state index in [1.54, 1.807) is 25.3 Å². The number of nitrogens with one attached hydrogen (secondary N) is 1. The maximum Gasteiger partial charge on any atom is 0.263 e. The molecule has 0 saturated carbocycles. The van der Waals surface area contributed by atoms with Crippen molar-refractivity contribution in [3.05, 3.63) is 52.0 Å². The third-order valence-electron chi connectivity index (χ3n) is 4.75. The van der Waals surface area contributed by atoms with Crippen LogP contribution < -0.4 is 0 Å². The van der Waals surface area contributed by atoms with Crippen LogP contribution in [-0.2, 0) is 0 Å². The van der Waals surface area contributed by atoms with Crippen LogP contribution in [0.25, 0.3) is 11.0 Å². The molecule has 1 aliphatic heterocycles. The van der Waals surface area contributed by atoms with Crippen LogP contribution in [-0.4, -0.2) is 52.2 Å². The minimum atomic E-state index is 0.00169. The Kier molecular flexibility index (Phi) is 4.24. The summed E-state index contributed by atoms with van der Waals surface area (Å²) >= 11 is 1.49. The van der Waals surface area contributed by atoms with Crippen molar-refractivity contribution in [2.75, 3.05) is 20.6 Å². The molecule has 0 spiro atoms. The van der Waals surface area contributed by atoms with E-state index in [9.17, 15) is 9.59 Å². The molecule has 3 aromatic rings. The summed E-state index contributed by atoms with van der Waals surface area (Å²) in [7, 11) is 3.50. The van der Waals surface area contributed by atoms with Crippen LogP contribution >= 0.6 is 11.3 Å². The lowest BCUT2D eigenvalue weighted by Crippen LogP contribution is -2.30. The highest BCUT2D eigenvalue weighted by atomic mass is 32.1. The van der Waals surface area contributed by atoms with Gasteiger partial charge in [0.25, 0.3) is 11.8 Å². The van der Waals surface area contributed by atoms with Crippen molar-refractivity contribution in [1.82, 2.24) is 19.8 Å². The quantitative estimate of drug-likeness (QED) is 0.771. The minimum absolute atomic E-state index is 0.00169. The van der Waals surface area contributed by atoms with Crippen LogP contribution in [0.3, 0.4) is 0 Å². The van der Waals surface area contributed by atoms with Gasteiger partial charge in [-0.3, -0.25) is 9.59 Å². The molecule has 0 aliphatic carbocycles. The number of aromatic nitrogens is 2. The first kappa shape index (κ1) is 16.8. The second kappa shape index (κ2) is 6.57. The van der Waals surface area contributed by atoms with Gasteiger partial charge in [-0.2, -0.15) is 0 Å². The Balaban J connectivity index is 1.60. The van der Waals surface area contributed by atoms with Gasteiger partial charge in [0.1, 0.15) is 0 Å². The van der Waals surface area contributed by atoms with Crippen molar-refractivity contribution in [2.45, 2.75) is 18.9 Å². The second-order valence-corrected chi connectivity index (χ2v) is 7.81. The number of H-pyrrole nitrogens is 1. The van der Waals surface area contributed by atoms with Crippen LogP contribution in [0.4, 0.5) is 0 Å². The molecule has 134 valence electrons. The monoisotopic (exact) mass is 368 g/mol. The molecule has 1 fully saturated rings. The van der Waals surface area contributed by atoms with E-state index in [2.05, 4.69) is 9.97 Å². The molecule has 1 aliphatic rings. The Morgan fingerprint density at radius 1 is 1.27 bits per heavy atom. The molecule has 6 nitrogen and oxygen atoms in total. The SMILES string of the molecule is CN(C)C(=O)c1ccc(C2CCCN2C(=O)c2ccc3nc[nH]c3c2)s1. The number of hydrogen-bond acceptors (Lipinski definition) is 4. The second-order valence-electron chi connectivity index (χ2n) is 6.69. The Morgan fingerprint density at radius 3 is 2.92 bits per heavy atom. The van der Waals surface area contributed by atoms with Crippen molar-refractivity contribution >= 4 is 34.2 Å². The number of hydrogen-bond donors (Lipinski definition) is 1. The Morgan fingerprint density at radius 2 is 2.12 bits per heavy atom. The van der Waals surface area contributed by atoms with E-state index in [4.69, 9.17) is 0 Å². The molecule has 2 amide bonds. The number of likely N-dealkylation sites (tertiary alicyclic amines) is 1. The third-order valence-corrected chi connectivity index (χ3v) is 5.93. The highest BCUT2D eigenvalue weighted by Gasteiger charge is 2.32. The van der Waals surface area contributed by atoms with Crippen molar-refractivity contribution in [3.8, 4) is 0 Å². The van der Waals surface area contributed by atoms with E-state index in [1.165, 1.54) is 11.3 Å². The molecule has 7 heteroatoms. The Hall–Kier alpha value is -2.67. The van der Waals surface area contributed by atoms with Crippen LogP contribution in [0.1, 0.15) is 43.8 Å². The summed E-state index contributed by atoms with van der Waals surface area (Å²) in [6, 6.07) is 9.43. The first-order chi connectivity index (χ1) is 12.5. The fourth-order valence-electron chi connectivity index (χ4n) is 3.41. The van der Waals surface area contributed by atoms with E-state index in [-0.39, 0.29) is 17.9 Å². The predicted octanol–water partition coefficient (Wildman–Crippen LogP) is 3.30. The fourth-order valence-corrected chi connectivity index (χ4v) is 4.58. The molecule has 1 aromatic carbocycles. The molecule has 2 aromatic heterocycles. The first-order valence-corrected chi connectivity index (χ1v) is 9.42. The molecule has 3 heterocycles. The molecular weight excluding hydrogens is 348 g/mol. The van der Waals surface area contributed by atoms with Gasteiger partial charge in [0.15, 0.2) is 0 Å². The smallest absolute Gasteiger partial charge is 0.263 e. The molecule has 0 radical (unpaired) electrons. The van der Waals surface area contributed by atoms with Gasteiger partial charge < -0.3 is 14.8 Å². The standard InChI is InChI=1S/C19H20N4O2S/c1-22(2)19(25)17-8-7-16(26-17)15-4-3-9-23(15)18(24)12-5-6-13-14(10-12)21-11-20-13/h5-8,10-11,15H,3-4,9H2,1-2H3,(H,20,21). The number of rotatable bonds is 3. The zero-order valence-electron chi connectivity index (χ0n) is 14.7. The fraction of sp³-hybridized carbons (Fsp3) is 0.316. The van der Waals surface area contributed by atoms with E-state index in [1.807, 2.05) is 35.2 Å². The summed E-state index contributed by atoms with van der Waals surface area (Å²) in [5, 5.41) is 0. The highest BCUT2D eigenvalue weighted by Crippen LogP contribution is 2.37. The molecule has 1 N–H and O–H groups in total. The van der Waals surface area contributed by atoms with Crippen molar-refractivity contribution in [2.24, 2.45) is 0 Å². The third kappa shape index (κ3) is 2.88. The Bertz CT molecular complexity index is 975. The van der Waals surface area contributed by atoms with E-state index in [0.717, 1.165) is 35.3 Å². The van der Waals surface area contributed by atoms with E-state index in [0.29, 0.717) is 10.4 Å². The van der Waals surface area contributed by atoms with Gasteiger partial charge in [0.05, 0.1) is 28.3 Å². The lowest BCUT2D eigenvalue weighted by Gasteiger charge is -2.24. The average Bonchev–Trinajstić information content (AvgIpc) is 3.38. The van der Waals surface area contributed by atoms with Gasteiger partial charge in [-0.1, -0.05) is 0 Å². The number of fused-ring (bicyclic) bond motifs is 1. The summed E-state index contributed by atoms with van der Waals surface area (Å²) in [6.45, 7) is 0.735. The van der Waals surface area contributed by atoms with Gasteiger partial charge in [-0.15, -0.1) is 11.3 Å². The van der Waals surface area contributed by atoms with Gasteiger partial charge >= 0.3 is 0 Å². The number of carbonyl (C=O) groups is 2. The maximum atomic E-state index is 13.1. The van der Waals surface area contributed by atoms with Crippen molar-refractivity contribution < 1.29 is 9.59 Å². The van der Waals surface area contributed by atoms with Crippen molar-refractivity contribution in [1.29, 1.82) is 0 Å². The van der Waals surface area contributed by atoms with Gasteiger partial charge in [0, 0.05) is 31.1 Å². The Labute approximate surface area is 155 Å². The molecule has 1 atom stereocenters. The summed E-state index contributed by atoms with van der Waals surface area (Å²) in [5.41, 5.74) is 2.38. The average molecular weight is 368 g/mol. The zero-order chi connectivity index (χ0) is 18.3. The number of amides is 2. The first-order valence-electron chi connectivity index (χ1n) is 8.60. The van der Waals surface area contributed by atoms with Crippen molar-refractivity contribution in [3.63, 3.8) is 0 Å². The molecule has 4 rings (SSSR count). The topological polar surface area (TPSA) is 69.3 Å². The predicted molar refractivity (Wildman–Crippen MR) is 101 cm³/mol. The largest absolute Gasteiger partial charge is 0.345 e. The molecule has 0 bridgehead atoms. The normalized spacial score (nSPS) is 17.0. The summed E-state index contributed by atoms with van der Waals surface area (Å²) in [6.07, 6.45) is 3.53. The number of aromatic amines is 1. The maximum absolute atomic E-state index is 13.1. The number of nitrogens with zero attached hydrogens (tertiary/aromatic N) is 3. The molecule has 1 saturated heterocycles. The zero-order valence-corrected chi connectivity index (χ0v) is 15.5. The summed E-state index contributed by atoms with van der Waals surface area (Å²) in [4.78, 5) is 37.8. The number of imidazole rings is 1. The molecular formula is C19H20N4O2S. The van der Waals surface area contributed by atoms with Gasteiger partial charge in [-0.05, 0) is 43.2 Å². The van der Waals surface area contributed by atoms with E-state index >= 15 is 0 Å². The number of benzene rings is 1. The summed E-state index contributed by atoms with van der Waals surface area (Å²) < 4.78 is 0. The molecule has 26 heavy (non-hydrogen) atoms. The van der Waals surface area contributed by atoms with Crippen LogP contribution in [0.5, 0.6) is 0 Å². The lowest BCUT2D eigenvalue weighted by atomic mass is 10.1. The van der Waals surface area contributed by atoms with Crippen LogP contribution in [0, 0.1) is 0 Å². The van der Waals surface area contributed by atoms with E-state index < -0.39 is 0 Å². The number of carbonyl (C=O) groups excluding carboxylic acids is 2. The van der Waals surface area contributed by atoms with Gasteiger partial charge in [-0.25, -0.2) is 4.98 Å².